The van der Waals surface area contributed by atoms with Crippen LogP contribution < -0.4 is 5.32 Å². The molecular weight excluding hydrogens is 641 g/mol. The Morgan fingerprint density at radius 2 is 1.45 bits per heavy atom. The average Bonchev–Trinajstić information content (AvgIpc) is 3.58. The molecule has 6 rings (SSSR count). The van der Waals surface area contributed by atoms with E-state index in [1.165, 1.54) is 11.8 Å². The minimum atomic E-state index is -0.861. The van der Waals surface area contributed by atoms with Crippen LogP contribution >= 0.6 is 11.8 Å². The minimum Gasteiger partial charge on any atom is -0.481 e. The molecule has 0 radical (unpaired) electrons. The van der Waals surface area contributed by atoms with Crippen molar-refractivity contribution < 1.29 is 33.7 Å². The van der Waals surface area contributed by atoms with Gasteiger partial charge in [-0.2, -0.15) is 0 Å². The number of nitrogens with zero attached hydrogens (tertiary/aromatic N) is 1. The summed E-state index contributed by atoms with van der Waals surface area (Å²) in [4.78, 5) is 28.0. The number of benzene rings is 4. The van der Waals surface area contributed by atoms with Crippen LogP contribution in [0.1, 0.15) is 61.2 Å². The lowest BCUT2D eigenvalue weighted by atomic mass is 10.0. The maximum Gasteiger partial charge on any atom is 0.303 e. The van der Waals surface area contributed by atoms with E-state index in [1.807, 2.05) is 109 Å². The molecule has 1 amide bonds. The molecule has 0 unspecified atom stereocenters. The first kappa shape index (κ1) is 34.1. The summed E-state index contributed by atoms with van der Waals surface area (Å²) in [7, 11) is 0. The van der Waals surface area contributed by atoms with Gasteiger partial charge in [-0.05, 0) is 36.1 Å². The Labute approximate surface area is 289 Å². The van der Waals surface area contributed by atoms with E-state index < -0.39 is 12.3 Å². The number of aliphatic hydroxyl groups is 1. The highest BCUT2D eigenvalue weighted by Crippen LogP contribution is 2.41. The SMILES string of the molecule is O=C(O)CCCCC(=O)Nc1ccc([C@@H]2O[C@H](CSc3nc(-c4ccccc4)c(-c4ccccc4)o3)C[C@H](c3ccc(CO)cc3)O2)cc1. The van der Waals surface area contributed by atoms with E-state index in [4.69, 9.17) is 24.0 Å². The van der Waals surface area contributed by atoms with Crippen molar-refractivity contribution in [1.82, 2.24) is 4.98 Å². The second-order valence-electron chi connectivity index (χ2n) is 11.8. The van der Waals surface area contributed by atoms with Crippen LogP contribution in [0, 0.1) is 0 Å². The Morgan fingerprint density at radius 3 is 2.12 bits per heavy atom. The predicted molar refractivity (Wildman–Crippen MR) is 188 cm³/mol. The third kappa shape index (κ3) is 9.24. The van der Waals surface area contributed by atoms with Crippen molar-refractivity contribution in [3.63, 3.8) is 0 Å². The first-order chi connectivity index (χ1) is 23.9. The summed E-state index contributed by atoms with van der Waals surface area (Å²) < 4.78 is 19.4. The maximum atomic E-state index is 12.4. The molecule has 1 aromatic heterocycles. The molecule has 1 saturated heterocycles. The number of ether oxygens (including phenoxy) is 2. The van der Waals surface area contributed by atoms with Crippen molar-refractivity contribution in [2.45, 2.75) is 62.4 Å². The van der Waals surface area contributed by atoms with Gasteiger partial charge >= 0.3 is 5.97 Å². The van der Waals surface area contributed by atoms with Crippen molar-refractivity contribution in [1.29, 1.82) is 0 Å². The highest BCUT2D eigenvalue weighted by atomic mass is 32.2. The van der Waals surface area contributed by atoms with Crippen LogP contribution in [0.15, 0.2) is 119 Å². The van der Waals surface area contributed by atoms with E-state index in [9.17, 15) is 14.7 Å². The third-order valence-electron chi connectivity index (χ3n) is 8.21. The fraction of sp³-hybridized carbons (Fsp3) is 0.256. The van der Waals surface area contributed by atoms with Crippen LogP contribution in [0.25, 0.3) is 22.6 Å². The molecule has 1 fully saturated rings. The number of hydrogen-bond donors (Lipinski definition) is 3. The molecule has 0 aliphatic carbocycles. The Balaban J connectivity index is 1.17. The molecule has 0 bridgehead atoms. The number of unbranched alkanes of at least 4 members (excludes halogenated alkanes) is 1. The molecule has 10 heteroatoms. The number of carbonyl (C=O) groups is 2. The van der Waals surface area contributed by atoms with Crippen molar-refractivity contribution in [3.8, 4) is 22.6 Å². The summed E-state index contributed by atoms with van der Waals surface area (Å²) in [6.45, 7) is -0.0336. The zero-order valence-corrected chi connectivity index (χ0v) is 27.7. The van der Waals surface area contributed by atoms with Gasteiger partial charge in [0.1, 0.15) is 5.69 Å². The molecule has 2 heterocycles. The van der Waals surface area contributed by atoms with Crippen molar-refractivity contribution in [2.75, 3.05) is 11.1 Å². The van der Waals surface area contributed by atoms with Gasteiger partial charge in [0.05, 0.1) is 18.8 Å². The molecule has 1 aliphatic rings. The van der Waals surface area contributed by atoms with E-state index in [1.54, 1.807) is 0 Å². The van der Waals surface area contributed by atoms with Gasteiger partial charge in [0.25, 0.3) is 5.22 Å². The predicted octanol–water partition coefficient (Wildman–Crippen LogP) is 8.42. The van der Waals surface area contributed by atoms with E-state index in [2.05, 4.69) is 5.32 Å². The Kier molecular flexibility index (Phi) is 11.6. The standard InChI is InChI=1S/C39H38N2O7S/c42-24-26-15-17-27(18-16-26)33-23-32(46-38(47-33)30-19-21-31(22-20-30)40-34(43)13-7-8-14-35(44)45)25-49-39-41-36(28-9-3-1-4-10-28)37(48-39)29-11-5-2-6-12-29/h1-6,9-12,15-22,32-33,38,42H,7-8,13-14,23-25H2,(H,40,43)(H,44,45)/t32-,33+,38+/m0/s1. The number of aromatic nitrogens is 1. The lowest BCUT2D eigenvalue weighted by Gasteiger charge is -2.36. The number of aliphatic hydroxyl groups excluding tert-OH is 1. The molecule has 3 atom stereocenters. The first-order valence-corrected chi connectivity index (χ1v) is 17.3. The first-order valence-electron chi connectivity index (χ1n) is 16.3. The van der Waals surface area contributed by atoms with Gasteiger partial charge in [-0.25, -0.2) is 4.98 Å². The highest BCUT2D eigenvalue weighted by molar-refractivity contribution is 7.99. The normalized spacial score (nSPS) is 17.4. The van der Waals surface area contributed by atoms with Crippen molar-refractivity contribution in [3.05, 3.63) is 126 Å². The second-order valence-corrected chi connectivity index (χ2v) is 12.8. The minimum absolute atomic E-state index is 0.0336. The summed E-state index contributed by atoms with van der Waals surface area (Å²) in [5.41, 5.74) is 5.97. The number of thioether (sulfide) groups is 1. The Bertz CT molecular complexity index is 1760. The summed E-state index contributed by atoms with van der Waals surface area (Å²) in [5, 5.41) is 21.8. The molecule has 1 aliphatic heterocycles. The lowest BCUT2D eigenvalue weighted by molar-refractivity contribution is -0.245. The lowest BCUT2D eigenvalue weighted by Crippen LogP contribution is -2.31. The average molecular weight is 679 g/mol. The van der Waals surface area contributed by atoms with Gasteiger partial charge in [-0.3, -0.25) is 9.59 Å². The number of amides is 1. The molecule has 5 aromatic rings. The van der Waals surface area contributed by atoms with Gasteiger partial charge in [0.2, 0.25) is 5.91 Å². The van der Waals surface area contributed by atoms with Crippen LogP contribution in [0.5, 0.6) is 0 Å². The van der Waals surface area contributed by atoms with Crippen LogP contribution in [-0.2, 0) is 25.7 Å². The van der Waals surface area contributed by atoms with Gasteiger partial charge < -0.3 is 29.4 Å². The van der Waals surface area contributed by atoms with Gasteiger partial charge in [0.15, 0.2) is 12.1 Å². The fourth-order valence-electron chi connectivity index (χ4n) is 5.63. The zero-order valence-electron chi connectivity index (χ0n) is 26.9. The van der Waals surface area contributed by atoms with Crippen molar-refractivity contribution in [2.24, 2.45) is 0 Å². The molecule has 252 valence electrons. The van der Waals surface area contributed by atoms with Gasteiger partial charge in [-0.15, -0.1) is 0 Å². The number of hydrogen-bond acceptors (Lipinski definition) is 8. The number of rotatable bonds is 14. The summed E-state index contributed by atoms with van der Waals surface area (Å²) in [5.74, 6) is 0.267. The molecule has 49 heavy (non-hydrogen) atoms. The van der Waals surface area contributed by atoms with E-state index in [-0.39, 0.29) is 37.6 Å². The third-order valence-corrected chi connectivity index (χ3v) is 9.17. The number of oxazole rings is 1. The summed E-state index contributed by atoms with van der Waals surface area (Å²) >= 11 is 1.50. The zero-order chi connectivity index (χ0) is 34.0. The molecule has 3 N–H and O–H groups in total. The molecule has 9 nitrogen and oxygen atoms in total. The van der Waals surface area contributed by atoms with Crippen molar-refractivity contribution >= 4 is 29.3 Å². The molecule has 4 aromatic carbocycles. The van der Waals surface area contributed by atoms with E-state index in [0.717, 1.165) is 39.3 Å². The summed E-state index contributed by atoms with van der Waals surface area (Å²) in [6, 6.07) is 35.1. The number of nitrogens with one attached hydrogen (secondary N) is 1. The van der Waals surface area contributed by atoms with E-state index >= 15 is 0 Å². The molecule has 0 spiro atoms. The number of carboxylic acids is 1. The molecule has 0 saturated carbocycles. The van der Waals surface area contributed by atoms with Gasteiger partial charge in [0, 0.05) is 47.4 Å². The fourth-order valence-corrected chi connectivity index (χ4v) is 6.48. The van der Waals surface area contributed by atoms with Gasteiger partial charge in [-0.1, -0.05) is 109 Å². The number of anilines is 1. The Morgan fingerprint density at radius 1 is 0.796 bits per heavy atom. The number of carbonyl (C=O) groups excluding carboxylic acids is 1. The molecular formula is C39H38N2O7S. The second kappa shape index (κ2) is 16.6. The number of aliphatic carboxylic acids is 1. The largest absolute Gasteiger partial charge is 0.481 e. The quantitative estimate of drug-likeness (QED) is 0.0782. The smallest absolute Gasteiger partial charge is 0.303 e. The van der Waals surface area contributed by atoms with E-state index in [0.29, 0.717) is 35.9 Å². The number of carboxylic acid groups (broad SMARTS) is 1. The highest BCUT2D eigenvalue weighted by Gasteiger charge is 2.33. The summed E-state index contributed by atoms with van der Waals surface area (Å²) in [6.07, 6.45) is 0.757. The van der Waals surface area contributed by atoms with Crippen LogP contribution in [0.2, 0.25) is 0 Å². The topological polar surface area (TPSA) is 131 Å². The maximum absolute atomic E-state index is 12.4. The monoisotopic (exact) mass is 678 g/mol. The Hall–Kier alpha value is -4.74. The van der Waals surface area contributed by atoms with Crippen LogP contribution in [0.3, 0.4) is 0 Å². The van der Waals surface area contributed by atoms with Crippen LogP contribution in [0.4, 0.5) is 5.69 Å². The van der Waals surface area contributed by atoms with Crippen LogP contribution in [-0.4, -0.2) is 38.9 Å².